The smallest absolute Gasteiger partial charge is 0.328 e. The van der Waals surface area contributed by atoms with Crippen LogP contribution < -0.4 is 11.1 Å². The van der Waals surface area contributed by atoms with E-state index in [0.717, 1.165) is 16.7 Å². The molecule has 0 bridgehead atoms. The number of nitrogens with one attached hydrogen (secondary N) is 1. The third-order valence-corrected chi connectivity index (χ3v) is 3.88. The van der Waals surface area contributed by atoms with Gasteiger partial charge in [0.2, 0.25) is 0 Å². The molecular weight excluding hydrogens is 320 g/mol. The van der Waals surface area contributed by atoms with E-state index in [4.69, 9.17) is 10.8 Å². The van der Waals surface area contributed by atoms with Crippen molar-refractivity contribution < 1.29 is 19.8 Å². The fourth-order valence-electron chi connectivity index (χ4n) is 2.40. The van der Waals surface area contributed by atoms with E-state index in [2.05, 4.69) is 5.32 Å². The minimum Gasteiger partial charge on any atom is -0.480 e. The van der Waals surface area contributed by atoms with Crippen molar-refractivity contribution in [3.05, 3.63) is 59.7 Å². The lowest BCUT2D eigenvalue weighted by molar-refractivity contribution is -0.140. The molecule has 0 unspecified atom stereocenters. The van der Waals surface area contributed by atoms with Crippen LogP contribution in [-0.2, 0) is 11.4 Å². The monoisotopic (exact) mass is 342 g/mol. The Morgan fingerprint density at radius 1 is 1.04 bits per heavy atom. The van der Waals surface area contributed by atoms with Gasteiger partial charge in [0, 0.05) is 11.1 Å². The first-order valence-electron chi connectivity index (χ1n) is 7.85. The molecule has 2 aromatic rings. The van der Waals surface area contributed by atoms with Crippen molar-refractivity contribution in [1.82, 2.24) is 5.32 Å². The van der Waals surface area contributed by atoms with E-state index in [0.29, 0.717) is 5.56 Å². The summed E-state index contributed by atoms with van der Waals surface area (Å²) in [6.45, 7) is 3.08. The van der Waals surface area contributed by atoms with E-state index < -0.39 is 23.5 Å². The molecule has 0 aliphatic heterocycles. The number of carboxylic acids is 1. The largest absolute Gasteiger partial charge is 0.480 e. The van der Waals surface area contributed by atoms with Crippen molar-refractivity contribution in [1.29, 1.82) is 0 Å². The van der Waals surface area contributed by atoms with E-state index >= 15 is 0 Å². The fraction of sp³-hybridized carbons (Fsp3) is 0.263. The Kier molecular flexibility index (Phi) is 5.56. The molecule has 0 fully saturated rings. The lowest BCUT2D eigenvalue weighted by atomic mass is 9.95. The molecule has 1 amide bonds. The van der Waals surface area contributed by atoms with Gasteiger partial charge >= 0.3 is 5.97 Å². The van der Waals surface area contributed by atoms with E-state index in [-0.39, 0.29) is 6.61 Å². The van der Waals surface area contributed by atoms with Crippen molar-refractivity contribution in [2.75, 3.05) is 0 Å². The van der Waals surface area contributed by atoms with Crippen molar-refractivity contribution in [3.8, 4) is 11.1 Å². The van der Waals surface area contributed by atoms with E-state index in [1.165, 1.54) is 0 Å². The number of benzene rings is 2. The summed E-state index contributed by atoms with van der Waals surface area (Å²) in [6, 6.07) is 13.1. The number of carboxylic acid groups (broad SMARTS) is 1. The molecule has 0 aliphatic carbocycles. The van der Waals surface area contributed by atoms with Crippen LogP contribution in [0.25, 0.3) is 11.1 Å². The van der Waals surface area contributed by atoms with Gasteiger partial charge in [0.15, 0.2) is 0 Å². The lowest BCUT2D eigenvalue weighted by Gasteiger charge is -2.27. The number of hydrogen-bond acceptors (Lipinski definition) is 4. The summed E-state index contributed by atoms with van der Waals surface area (Å²) in [5.74, 6) is -1.67. The van der Waals surface area contributed by atoms with Crippen LogP contribution >= 0.6 is 0 Å². The molecule has 2 rings (SSSR count). The summed E-state index contributed by atoms with van der Waals surface area (Å²) in [4.78, 5) is 23.6. The molecule has 2 aromatic carbocycles. The number of hydrogen-bond donors (Lipinski definition) is 4. The first-order chi connectivity index (χ1) is 11.7. The molecule has 0 saturated carbocycles. The van der Waals surface area contributed by atoms with Crippen LogP contribution in [0.1, 0.15) is 29.8 Å². The highest BCUT2D eigenvalue weighted by Gasteiger charge is 2.33. The predicted octanol–water partition coefficient (Wildman–Crippen LogP) is 1.77. The van der Waals surface area contributed by atoms with Crippen LogP contribution in [0, 0.1) is 0 Å². The third kappa shape index (κ3) is 4.65. The van der Waals surface area contributed by atoms with Crippen LogP contribution in [0.5, 0.6) is 0 Å². The number of aliphatic hydroxyl groups is 1. The van der Waals surface area contributed by atoms with Crippen molar-refractivity contribution in [3.63, 3.8) is 0 Å². The second-order valence-electron chi connectivity index (χ2n) is 6.50. The van der Waals surface area contributed by atoms with Gasteiger partial charge in [0.05, 0.1) is 6.61 Å². The summed E-state index contributed by atoms with van der Waals surface area (Å²) in [7, 11) is 0. The molecule has 0 heterocycles. The molecule has 0 spiro atoms. The second kappa shape index (κ2) is 7.46. The Morgan fingerprint density at radius 3 is 1.92 bits per heavy atom. The maximum Gasteiger partial charge on any atom is 0.328 e. The number of carbonyl (C=O) groups excluding carboxylic acids is 1. The zero-order valence-electron chi connectivity index (χ0n) is 14.2. The average Bonchev–Trinajstić information content (AvgIpc) is 2.58. The van der Waals surface area contributed by atoms with Crippen LogP contribution in [0.3, 0.4) is 0 Å². The molecule has 132 valence electrons. The molecule has 0 radical (unpaired) electrons. The summed E-state index contributed by atoms with van der Waals surface area (Å²) in [5, 5.41) is 20.8. The van der Waals surface area contributed by atoms with Gasteiger partial charge in [-0.05, 0) is 42.7 Å². The Morgan fingerprint density at radius 2 is 1.52 bits per heavy atom. The predicted molar refractivity (Wildman–Crippen MR) is 95.0 cm³/mol. The van der Waals surface area contributed by atoms with Crippen LogP contribution in [-0.4, -0.2) is 33.7 Å². The number of nitrogens with two attached hydrogens (primary N) is 1. The van der Waals surface area contributed by atoms with Gasteiger partial charge in [-0.2, -0.15) is 0 Å². The van der Waals surface area contributed by atoms with E-state index in [1.54, 1.807) is 38.1 Å². The van der Waals surface area contributed by atoms with Gasteiger partial charge in [-0.1, -0.05) is 36.4 Å². The first-order valence-corrected chi connectivity index (χ1v) is 7.85. The summed E-state index contributed by atoms with van der Waals surface area (Å²) < 4.78 is 0. The zero-order valence-corrected chi connectivity index (χ0v) is 14.2. The maximum absolute atomic E-state index is 12.3. The highest BCUT2D eigenvalue weighted by Crippen LogP contribution is 2.20. The molecule has 5 N–H and O–H groups in total. The van der Waals surface area contributed by atoms with Crippen molar-refractivity contribution in [2.24, 2.45) is 5.73 Å². The number of rotatable bonds is 6. The van der Waals surface area contributed by atoms with Crippen molar-refractivity contribution >= 4 is 11.9 Å². The van der Waals surface area contributed by atoms with Crippen LogP contribution in [0.4, 0.5) is 0 Å². The minimum atomic E-state index is -1.19. The first kappa shape index (κ1) is 18.6. The Bertz CT molecular complexity index is 746. The number of amides is 1. The molecule has 25 heavy (non-hydrogen) atoms. The third-order valence-electron chi connectivity index (χ3n) is 3.88. The zero-order chi connectivity index (χ0) is 18.6. The SMILES string of the molecule is CC(C)(N)[C@H](NC(=O)c1ccc(-c2ccc(CO)cc2)cc1)C(=O)O. The van der Waals surface area contributed by atoms with Crippen LogP contribution in [0.2, 0.25) is 0 Å². The highest BCUT2D eigenvalue weighted by atomic mass is 16.4. The standard InChI is InChI=1S/C19H22N2O4/c1-19(2,20)16(18(24)25)21-17(23)15-9-7-14(8-10-15)13-5-3-12(11-22)4-6-13/h3-10,16,22H,11,20H2,1-2H3,(H,21,23)(H,24,25)/t16-/m1/s1. The second-order valence-corrected chi connectivity index (χ2v) is 6.50. The fourth-order valence-corrected chi connectivity index (χ4v) is 2.40. The Hall–Kier alpha value is -2.70. The number of aliphatic carboxylic acids is 1. The quantitative estimate of drug-likeness (QED) is 0.639. The molecule has 6 heteroatoms. The molecule has 0 saturated heterocycles. The van der Waals surface area contributed by atoms with Gasteiger partial charge in [0.25, 0.3) is 5.91 Å². The molecule has 1 atom stereocenters. The lowest BCUT2D eigenvalue weighted by Crippen LogP contribution is -2.58. The Labute approximate surface area is 146 Å². The highest BCUT2D eigenvalue weighted by molar-refractivity contribution is 5.97. The normalized spacial score (nSPS) is 12.5. The summed E-state index contributed by atoms with van der Waals surface area (Å²) in [6.07, 6.45) is 0. The van der Waals surface area contributed by atoms with Gasteiger partial charge in [0.1, 0.15) is 6.04 Å². The summed E-state index contributed by atoms with van der Waals surface area (Å²) >= 11 is 0. The van der Waals surface area contributed by atoms with E-state index in [9.17, 15) is 14.7 Å². The maximum atomic E-state index is 12.3. The van der Waals surface area contributed by atoms with E-state index in [1.807, 2.05) is 24.3 Å². The van der Waals surface area contributed by atoms with Crippen LogP contribution in [0.15, 0.2) is 48.5 Å². The summed E-state index contributed by atoms with van der Waals surface area (Å²) in [5.41, 5.74) is 7.77. The minimum absolute atomic E-state index is 0.0123. The van der Waals surface area contributed by atoms with Gasteiger partial charge in [-0.25, -0.2) is 4.79 Å². The topological polar surface area (TPSA) is 113 Å². The van der Waals surface area contributed by atoms with Gasteiger partial charge < -0.3 is 21.3 Å². The molecule has 0 aliphatic rings. The molecule has 6 nitrogen and oxygen atoms in total. The van der Waals surface area contributed by atoms with Crippen molar-refractivity contribution in [2.45, 2.75) is 32.0 Å². The number of carbonyl (C=O) groups is 2. The number of aliphatic hydroxyl groups excluding tert-OH is 1. The van der Waals surface area contributed by atoms with Gasteiger partial charge in [-0.15, -0.1) is 0 Å². The molecule has 0 aromatic heterocycles. The average molecular weight is 342 g/mol. The Balaban J connectivity index is 2.15. The van der Waals surface area contributed by atoms with Gasteiger partial charge in [-0.3, -0.25) is 4.79 Å². The molecular formula is C19H22N2O4.